The normalized spacial score (nSPS) is 17.1. The number of rotatable bonds is 6. The zero-order valence-electron chi connectivity index (χ0n) is 19.4. The summed E-state index contributed by atoms with van der Waals surface area (Å²) >= 11 is 6.43. The quantitative estimate of drug-likeness (QED) is 0.538. The van der Waals surface area contributed by atoms with E-state index >= 15 is 0 Å². The number of anilines is 1. The molecular formula is C28H30ClN3O2. The number of hydrogen-bond donors (Lipinski definition) is 1. The number of methoxy groups -OCH3 is 1. The molecule has 2 N–H and O–H groups in total. The van der Waals surface area contributed by atoms with Crippen molar-refractivity contribution in [2.75, 3.05) is 44.9 Å². The third-order valence-corrected chi connectivity index (χ3v) is 6.85. The highest BCUT2D eigenvalue weighted by Gasteiger charge is 2.28. The minimum absolute atomic E-state index is 0.00682. The summed E-state index contributed by atoms with van der Waals surface area (Å²) in [5.74, 6) is 0.795. The summed E-state index contributed by atoms with van der Waals surface area (Å²) in [6.07, 6.45) is 2.08. The molecule has 0 aliphatic carbocycles. The van der Waals surface area contributed by atoms with E-state index in [0.717, 1.165) is 66.1 Å². The van der Waals surface area contributed by atoms with Gasteiger partial charge < -0.3 is 20.1 Å². The second-order valence-electron chi connectivity index (χ2n) is 8.78. The molecule has 3 aromatic carbocycles. The predicted molar refractivity (Wildman–Crippen MR) is 138 cm³/mol. The van der Waals surface area contributed by atoms with E-state index in [1.54, 1.807) is 7.11 Å². The maximum absolute atomic E-state index is 6.43. The molecule has 5 rings (SSSR count). The lowest BCUT2D eigenvalue weighted by molar-refractivity contribution is 0.0342. The van der Waals surface area contributed by atoms with Crippen molar-refractivity contribution in [1.82, 2.24) is 4.90 Å². The van der Waals surface area contributed by atoms with Crippen LogP contribution in [0.2, 0.25) is 5.02 Å². The second kappa shape index (κ2) is 10.1. The fourth-order valence-corrected chi connectivity index (χ4v) is 5.02. The van der Waals surface area contributed by atoms with E-state index < -0.39 is 0 Å². The van der Waals surface area contributed by atoms with Gasteiger partial charge in [0.2, 0.25) is 0 Å². The highest BCUT2D eigenvalue weighted by atomic mass is 35.5. The Morgan fingerprint density at radius 2 is 1.79 bits per heavy atom. The van der Waals surface area contributed by atoms with Crippen LogP contribution in [-0.2, 0) is 11.3 Å². The molecular weight excluding hydrogens is 446 g/mol. The van der Waals surface area contributed by atoms with Gasteiger partial charge in [0.25, 0.3) is 0 Å². The first-order valence-electron chi connectivity index (χ1n) is 11.7. The lowest BCUT2D eigenvalue weighted by atomic mass is 9.93. The van der Waals surface area contributed by atoms with Gasteiger partial charge in [-0.1, -0.05) is 48.0 Å². The second-order valence-corrected chi connectivity index (χ2v) is 9.22. The summed E-state index contributed by atoms with van der Waals surface area (Å²) in [6, 6.07) is 23.2. The topological polar surface area (TPSA) is 51.0 Å². The van der Waals surface area contributed by atoms with Crippen LogP contribution in [0, 0.1) is 0 Å². The van der Waals surface area contributed by atoms with Crippen LogP contribution in [0.25, 0.3) is 5.70 Å². The molecule has 1 atom stereocenters. The van der Waals surface area contributed by atoms with Gasteiger partial charge in [-0.3, -0.25) is 4.90 Å². The minimum Gasteiger partial charge on any atom is -0.497 e. The van der Waals surface area contributed by atoms with Crippen LogP contribution in [-0.4, -0.2) is 44.9 Å². The first-order chi connectivity index (χ1) is 16.6. The molecule has 0 radical (unpaired) electrons. The zero-order valence-corrected chi connectivity index (χ0v) is 20.2. The molecule has 1 saturated heterocycles. The molecule has 0 saturated carbocycles. The fraction of sp³-hybridized carbons (Fsp3) is 0.286. The smallest absolute Gasteiger partial charge is 0.119 e. The number of ether oxygens (including phenoxy) is 2. The molecule has 3 aromatic rings. The Hall–Kier alpha value is -2.99. The van der Waals surface area contributed by atoms with Crippen LogP contribution in [0.1, 0.15) is 28.3 Å². The van der Waals surface area contributed by atoms with Crippen LogP contribution in [0.15, 0.2) is 72.8 Å². The van der Waals surface area contributed by atoms with Gasteiger partial charge in [0.1, 0.15) is 5.75 Å². The summed E-state index contributed by atoms with van der Waals surface area (Å²) in [6.45, 7) is 5.23. The van der Waals surface area contributed by atoms with E-state index in [4.69, 9.17) is 26.8 Å². The molecule has 6 heteroatoms. The molecule has 0 spiro atoms. The summed E-state index contributed by atoms with van der Waals surface area (Å²) in [4.78, 5) is 4.82. The first-order valence-corrected chi connectivity index (χ1v) is 12.1. The number of benzene rings is 3. The molecule has 5 nitrogen and oxygen atoms in total. The van der Waals surface area contributed by atoms with E-state index in [1.165, 1.54) is 11.1 Å². The molecule has 0 bridgehead atoms. The monoisotopic (exact) mass is 475 g/mol. The van der Waals surface area contributed by atoms with Crippen LogP contribution < -0.4 is 15.4 Å². The summed E-state index contributed by atoms with van der Waals surface area (Å²) in [5.41, 5.74) is 12.9. The van der Waals surface area contributed by atoms with Crippen LogP contribution >= 0.6 is 11.6 Å². The van der Waals surface area contributed by atoms with Crippen molar-refractivity contribution in [3.8, 4) is 5.75 Å². The van der Waals surface area contributed by atoms with Gasteiger partial charge in [-0.15, -0.1) is 0 Å². The number of hydrogen-bond acceptors (Lipinski definition) is 5. The van der Waals surface area contributed by atoms with Crippen molar-refractivity contribution in [3.05, 3.63) is 100 Å². The molecule has 176 valence electrons. The van der Waals surface area contributed by atoms with E-state index in [0.29, 0.717) is 6.54 Å². The number of morpholine rings is 1. The number of halogens is 1. The van der Waals surface area contributed by atoms with E-state index in [9.17, 15) is 0 Å². The van der Waals surface area contributed by atoms with Crippen molar-refractivity contribution in [2.45, 2.75) is 12.6 Å². The van der Waals surface area contributed by atoms with Gasteiger partial charge in [-0.05, 0) is 53.1 Å². The molecule has 2 aliphatic heterocycles. The molecule has 2 aliphatic rings. The van der Waals surface area contributed by atoms with E-state index in [-0.39, 0.29) is 6.04 Å². The van der Waals surface area contributed by atoms with Gasteiger partial charge in [-0.25, -0.2) is 0 Å². The van der Waals surface area contributed by atoms with Crippen molar-refractivity contribution in [2.24, 2.45) is 5.73 Å². The third kappa shape index (κ3) is 4.78. The van der Waals surface area contributed by atoms with Crippen molar-refractivity contribution < 1.29 is 9.47 Å². The number of nitrogens with zero attached hydrogens (tertiary/aromatic N) is 2. The Kier molecular flexibility index (Phi) is 6.77. The lowest BCUT2D eigenvalue weighted by Gasteiger charge is -2.38. The molecule has 0 amide bonds. The van der Waals surface area contributed by atoms with Crippen LogP contribution in [0.4, 0.5) is 5.69 Å². The number of fused-ring (bicyclic) bond motifs is 1. The van der Waals surface area contributed by atoms with Crippen molar-refractivity contribution in [3.63, 3.8) is 0 Å². The lowest BCUT2D eigenvalue weighted by Crippen LogP contribution is -2.35. The summed E-state index contributed by atoms with van der Waals surface area (Å²) < 4.78 is 10.9. The van der Waals surface area contributed by atoms with Crippen LogP contribution in [0.5, 0.6) is 5.75 Å². The average Bonchev–Trinajstić information content (AvgIpc) is 2.87. The van der Waals surface area contributed by atoms with Crippen LogP contribution in [0.3, 0.4) is 0 Å². The van der Waals surface area contributed by atoms with Gasteiger partial charge in [0.05, 0.1) is 26.4 Å². The highest BCUT2D eigenvalue weighted by molar-refractivity contribution is 6.30. The van der Waals surface area contributed by atoms with Crippen molar-refractivity contribution >= 4 is 23.0 Å². The number of nitrogens with two attached hydrogens (primary N) is 1. The zero-order chi connectivity index (χ0) is 23.5. The fourth-order valence-electron chi connectivity index (χ4n) is 4.83. The third-order valence-electron chi connectivity index (χ3n) is 6.61. The Morgan fingerprint density at radius 3 is 2.53 bits per heavy atom. The van der Waals surface area contributed by atoms with Gasteiger partial charge in [0.15, 0.2) is 0 Å². The van der Waals surface area contributed by atoms with Gasteiger partial charge >= 0.3 is 0 Å². The maximum Gasteiger partial charge on any atom is 0.119 e. The average molecular weight is 476 g/mol. The molecule has 34 heavy (non-hydrogen) atoms. The predicted octanol–water partition coefficient (Wildman–Crippen LogP) is 5.09. The standard InChI is InChI=1S/C28H30ClN3O2/c1-33-24-9-10-27-25(18-24)26(30)11-12-32(27)28(22-3-2-4-23(29)17-22)21-7-5-20(6-8-21)19-31-13-15-34-16-14-31/h2-11,17-18,28H,12-16,19,30H2,1H3. The Morgan fingerprint density at radius 1 is 1.00 bits per heavy atom. The minimum atomic E-state index is -0.00682. The molecule has 0 aromatic heterocycles. The van der Waals surface area contributed by atoms with Gasteiger partial charge in [0, 0.05) is 48.1 Å². The largest absolute Gasteiger partial charge is 0.497 e. The first kappa shape index (κ1) is 22.8. The van der Waals surface area contributed by atoms with Gasteiger partial charge in [-0.2, -0.15) is 0 Å². The Balaban J connectivity index is 1.51. The molecule has 1 fully saturated rings. The van der Waals surface area contributed by atoms with E-state index in [1.807, 2.05) is 24.3 Å². The Bertz CT molecular complexity index is 1170. The summed E-state index contributed by atoms with van der Waals surface area (Å²) in [7, 11) is 1.68. The molecule has 2 heterocycles. The van der Waals surface area contributed by atoms with E-state index in [2.05, 4.69) is 58.3 Å². The summed E-state index contributed by atoms with van der Waals surface area (Å²) in [5, 5.41) is 0.730. The maximum atomic E-state index is 6.43. The SMILES string of the molecule is COc1ccc2c(c1)C(N)=CCN2C(c1ccc(CN2CCOCC2)cc1)c1cccc(Cl)c1. The molecule has 1 unspecified atom stereocenters. The van der Waals surface area contributed by atoms with Crippen molar-refractivity contribution in [1.29, 1.82) is 0 Å². The highest BCUT2D eigenvalue weighted by Crippen LogP contribution is 2.40. The Labute approximate surface area is 206 Å².